The van der Waals surface area contributed by atoms with Crippen molar-refractivity contribution < 1.29 is 14.3 Å². The Labute approximate surface area is 238 Å². The predicted octanol–water partition coefficient (Wildman–Crippen LogP) is 7.70. The molecule has 4 rings (SSSR count). The van der Waals surface area contributed by atoms with Crippen LogP contribution in [0.25, 0.3) is 0 Å². The van der Waals surface area contributed by atoms with E-state index in [-0.39, 0.29) is 28.8 Å². The van der Waals surface area contributed by atoms with Gasteiger partial charge < -0.3 is 9.64 Å². The Morgan fingerprint density at radius 1 is 1.05 bits per heavy atom. The quantitative estimate of drug-likeness (QED) is 0.263. The average molecular weight is 596 g/mol. The number of rotatable bonds is 7. The van der Waals surface area contributed by atoms with Crippen LogP contribution in [0.4, 0.5) is 4.79 Å². The standard InChI is InChI=1S/C31H35BrN2O3S/c1-20-28(22-10-8-7-9-11-22)34(30(36)33(20)5)29(35)26(21-12-15-25(37-6)16-13-21)19-23-18-24(32)14-17-27(23)38-31(2,3)4/h7-18,20,26,28H,19H2,1-6H3/t20-,26?,28-/m0/s1. The van der Waals surface area contributed by atoms with Crippen LogP contribution in [0.15, 0.2) is 82.2 Å². The van der Waals surface area contributed by atoms with Crippen molar-refractivity contribution in [3.63, 3.8) is 0 Å². The molecule has 0 bridgehead atoms. The Bertz CT molecular complexity index is 1290. The van der Waals surface area contributed by atoms with E-state index in [4.69, 9.17) is 4.74 Å². The van der Waals surface area contributed by atoms with E-state index in [0.717, 1.165) is 31.8 Å². The van der Waals surface area contributed by atoms with Gasteiger partial charge in [0.05, 0.1) is 25.1 Å². The topological polar surface area (TPSA) is 49.9 Å². The number of likely N-dealkylation sites (N-methyl/N-ethyl adjacent to an activating group) is 1. The number of hydrogen-bond acceptors (Lipinski definition) is 4. The molecule has 0 N–H and O–H groups in total. The molecule has 1 aliphatic heterocycles. The lowest BCUT2D eigenvalue weighted by Gasteiger charge is -2.29. The van der Waals surface area contributed by atoms with Gasteiger partial charge in [0.15, 0.2) is 0 Å². The lowest BCUT2D eigenvalue weighted by atomic mass is 9.89. The maximum absolute atomic E-state index is 14.5. The smallest absolute Gasteiger partial charge is 0.327 e. The number of amides is 3. The van der Waals surface area contributed by atoms with Crippen LogP contribution < -0.4 is 4.74 Å². The number of ether oxygens (including phenoxy) is 1. The van der Waals surface area contributed by atoms with Gasteiger partial charge in [0.2, 0.25) is 5.91 Å². The summed E-state index contributed by atoms with van der Waals surface area (Å²) >= 11 is 5.41. The second kappa shape index (κ2) is 11.5. The molecule has 1 unspecified atom stereocenters. The fourth-order valence-electron chi connectivity index (χ4n) is 4.91. The van der Waals surface area contributed by atoms with E-state index in [9.17, 15) is 9.59 Å². The van der Waals surface area contributed by atoms with Gasteiger partial charge in [-0.25, -0.2) is 4.79 Å². The monoisotopic (exact) mass is 594 g/mol. The van der Waals surface area contributed by atoms with Crippen molar-refractivity contribution in [2.45, 2.75) is 61.8 Å². The highest BCUT2D eigenvalue weighted by Crippen LogP contribution is 2.41. The molecule has 3 aromatic carbocycles. The summed E-state index contributed by atoms with van der Waals surface area (Å²) in [5.74, 6) is -0.0283. The van der Waals surface area contributed by atoms with Crippen molar-refractivity contribution in [2.24, 2.45) is 0 Å². The van der Waals surface area contributed by atoms with Gasteiger partial charge in [0.1, 0.15) is 5.75 Å². The van der Waals surface area contributed by atoms with E-state index < -0.39 is 5.92 Å². The van der Waals surface area contributed by atoms with E-state index in [2.05, 4.69) is 48.8 Å². The molecule has 1 aliphatic rings. The van der Waals surface area contributed by atoms with Gasteiger partial charge in [-0.3, -0.25) is 9.69 Å². The molecule has 5 nitrogen and oxygen atoms in total. The fourth-order valence-corrected chi connectivity index (χ4v) is 6.39. The Hall–Kier alpha value is -2.77. The van der Waals surface area contributed by atoms with Gasteiger partial charge in [0.25, 0.3) is 0 Å². The molecule has 0 aliphatic carbocycles. The molecule has 3 aromatic rings. The van der Waals surface area contributed by atoms with Gasteiger partial charge in [-0.1, -0.05) is 79.2 Å². The molecule has 0 spiro atoms. The number of imide groups is 1. The minimum atomic E-state index is -0.552. The third-order valence-corrected chi connectivity index (χ3v) is 8.64. The van der Waals surface area contributed by atoms with E-state index in [1.807, 2.05) is 67.6 Å². The summed E-state index contributed by atoms with van der Waals surface area (Å²) < 4.78 is 6.33. The van der Waals surface area contributed by atoms with Gasteiger partial charge in [0, 0.05) is 21.2 Å². The van der Waals surface area contributed by atoms with Crippen molar-refractivity contribution >= 4 is 39.6 Å². The fraction of sp³-hybridized carbons (Fsp3) is 0.355. The van der Waals surface area contributed by atoms with Crippen molar-refractivity contribution in [2.75, 3.05) is 14.2 Å². The Balaban J connectivity index is 1.80. The van der Waals surface area contributed by atoms with Crippen LogP contribution in [0.2, 0.25) is 0 Å². The highest BCUT2D eigenvalue weighted by molar-refractivity contribution is 9.10. The summed E-state index contributed by atoms with van der Waals surface area (Å²) in [6.45, 7) is 8.54. The lowest BCUT2D eigenvalue weighted by Crippen LogP contribution is -2.40. The zero-order chi connectivity index (χ0) is 27.6. The third-order valence-electron chi connectivity index (χ3n) is 6.91. The zero-order valence-corrected chi connectivity index (χ0v) is 25.2. The molecular formula is C31H35BrN2O3S. The number of halogens is 1. The molecule has 7 heteroatoms. The van der Waals surface area contributed by atoms with Crippen molar-refractivity contribution in [1.82, 2.24) is 9.80 Å². The molecule has 0 saturated carbocycles. The Morgan fingerprint density at radius 2 is 1.71 bits per heavy atom. The van der Waals surface area contributed by atoms with Crippen molar-refractivity contribution in [3.05, 3.63) is 94.0 Å². The van der Waals surface area contributed by atoms with Crippen LogP contribution in [0.3, 0.4) is 0 Å². The largest absolute Gasteiger partial charge is 0.497 e. The SMILES string of the molecule is COc1ccc(C(Cc2cc(Br)ccc2SC(C)(C)C)C(=O)N2C(=O)N(C)[C@@H](C)[C@H]2c2ccccc2)cc1. The van der Waals surface area contributed by atoms with Crippen LogP contribution in [-0.4, -0.2) is 46.7 Å². The molecule has 1 saturated heterocycles. The van der Waals surface area contributed by atoms with Gasteiger partial charge >= 0.3 is 6.03 Å². The number of carbonyl (C=O) groups is 2. The van der Waals surface area contributed by atoms with Crippen LogP contribution >= 0.6 is 27.7 Å². The first-order chi connectivity index (χ1) is 18.0. The number of carbonyl (C=O) groups excluding carboxylic acids is 2. The van der Waals surface area contributed by atoms with Gasteiger partial charge in [-0.05, 0) is 60.4 Å². The number of methoxy groups -OCH3 is 1. The Kier molecular flexibility index (Phi) is 8.58. The second-order valence-corrected chi connectivity index (χ2v) is 13.5. The Morgan fingerprint density at radius 3 is 2.32 bits per heavy atom. The van der Waals surface area contributed by atoms with E-state index in [1.165, 1.54) is 4.90 Å². The second-order valence-electron chi connectivity index (χ2n) is 10.7. The summed E-state index contributed by atoms with van der Waals surface area (Å²) in [4.78, 5) is 32.3. The average Bonchev–Trinajstić information content (AvgIpc) is 3.12. The highest BCUT2D eigenvalue weighted by Gasteiger charge is 2.47. The summed E-state index contributed by atoms with van der Waals surface area (Å²) in [6.07, 6.45) is 0.465. The molecule has 0 radical (unpaired) electrons. The molecule has 3 atom stereocenters. The summed E-state index contributed by atoms with van der Waals surface area (Å²) in [6, 6.07) is 22.9. The normalized spacial score (nSPS) is 18.6. The minimum Gasteiger partial charge on any atom is -0.497 e. The first-order valence-electron chi connectivity index (χ1n) is 12.8. The predicted molar refractivity (Wildman–Crippen MR) is 158 cm³/mol. The first-order valence-corrected chi connectivity index (χ1v) is 14.4. The maximum atomic E-state index is 14.5. The van der Waals surface area contributed by atoms with Crippen LogP contribution in [-0.2, 0) is 11.2 Å². The van der Waals surface area contributed by atoms with E-state index >= 15 is 0 Å². The molecule has 38 heavy (non-hydrogen) atoms. The minimum absolute atomic E-state index is 0.00364. The zero-order valence-electron chi connectivity index (χ0n) is 22.8. The van der Waals surface area contributed by atoms with Gasteiger partial charge in [-0.2, -0.15) is 0 Å². The molecule has 200 valence electrons. The molecule has 3 amide bonds. The van der Waals surface area contributed by atoms with Crippen LogP contribution in [0.1, 0.15) is 56.3 Å². The molecular weight excluding hydrogens is 560 g/mol. The molecule has 1 fully saturated rings. The third kappa shape index (κ3) is 6.10. The van der Waals surface area contributed by atoms with Crippen molar-refractivity contribution in [1.29, 1.82) is 0 Å². The number of urea groups is 1. The number of hydrogen-bond donors (Lipinski definition) is 0. The maximum Gasteiger partial charge on any atom is 0.327 e. The first kappa shape index (κ1) is 28.2. The van der Waals surface area contributed by atoms with Crippen molar-refractivity contribution in [3.8, 4) is 5.75 Å². The number of benzene rings is 3. The highest BCUT2D eigenvalue weighted by atomic mass is 79.9. The molecule has 0 aromatic heterocycles. The number of nitrogens with zero attached hydrogens (tertiary/aromatic N) is 2. The van der Waals surface area contributed by atoms with Crippen LogP contribution in [0.5, 0.6) is 5.75 Å². The summed E-state index contributed by atoms with van der Waals surface area (Å²) in [5.41, 5.74) is 2.87. The van der Waals surface area contributed by atoms with Crippen LogP contribution in [0, 0.1) is 0 Å². The molecule has 1 heterocycles. The summed E-state index contributed by atoms with van der Waals surface area (Å²) in [7, 11) is 3.39. The van der Waals surface area contributed by atoms with Gasteiger partial charge in [-0.15, -0.1) is 11.8 Å². The number of thioether (sulfide) groups is 1. The summed E-state index contributed by atoms with van der Waals surface area (Å²) in [5, 5.41) is 0. The van der Waals surface area contributed by atoms with E-state index in [1.54, 1.807) is 30.8 Å². The van der Waals surface area contributed by atoms with E-state index in [0.29, 0.717) is 6.42 Å². The lowest BCUT2D eigenvalue weighted by molar-refractivity contribution is -0.131.